The van der Waals surface area contributed by atoms with Crippen LogP contribution in [-0.2, 0) is 4.74 Å². The second-order valence-electron chi connectivity index (χ2n) is 5.89. The highest BCUT2D eigenvalue weighted by molar-refractivity contribution is 7.18. The molecule has 0 bridgehead atoms. The van der Waals surface area contributed by atoms with E-state index in [9.17, 15) is 14.4 Å². The number of nitrogens with one attached hydrogen (secondary N) is 1. The molecule has 0 saturated carbocycles. The number of hydrogen-bond acceptors (Lipinski definition) is 6. The third kappa shape index (κ3) is 3.54. The van der Waals surface area contributed by atoms with Gasteiger partial charge in [-0.05, 0) is 44.0 Å². The van der Waals surface area contributed by atoms with Crippen molar-refractivity contribution >= 4 is 39.8 Å². The summed E-state index contributed by atoms with van der Waals surface area (Å²) in [6, 6.07) is 3.75. The van der Waals surface area contributed by atoms with Crippen LogP contribution in [-0.4, -0.2) is 33.8 Å². The fourth-order valence-corrected chi connectivity index (χ4v) is 3.69. The number of carbonyl (C=O) groups excluding carboxylic acids is 3. The Kier molecular flexibility index (Phi) is 4.95. The molecule has 8 nitrogen and oxygen atoms in total. The van der Waals surface area contributed by atoms with Crippen LogP contribution in [0.15, 0.2) is 24.5 Å². The Labute approximate surface area is 159 Å². The number of imidazole rings is 1. The van der Waals surface area contributed by atoms with Crippen molar-refractivity contribution in [1.29, 1.82) is 0 Å². The molecular weight excluding hydrogens is 368 g/mol. The summed E-state index contributed by atoms with van der Waals surface area (Å²) in [4.78, 5) is 41.0. The molecule has 0 aliphatic carbocycles. The molecule has 0 unspecified atom stereocenters. The minimum Gasteiger partial charge on any atom is -0.462 e. The molecule has 140 valence electrons. The first kappa shape index (κ1) is 18.6. The van der Waals surface area contributed by atoms with E-state index >= 15 is 0 Å². The Bertz CT molecular complexity index is 1070. The molecular formula is C18H18N4O4S. The van der Waals surface area contributed by atoms with Crippen molar-refractivity contribution in [3.8, 4) is 0 Å². The summed E-state index contributed by atoms with van der Waals surface area (Å²) >= 11 is 0.939. The van der Waals surface area contributed by atoms with E-state index < -0.39 is 17.8 Å². The summed E-state index contributed by atoms with van der Waals surface area (Å²) in [5.74, 6) is -1.80. The monoisotopic (exact) mass is 386 g/mol. The molecule has 0 saturated heterocycles. The first-order valence-electron chi connectivity index (χ1n) is 8.18. The van der Waals surface area contributed by atoms with E-state index in [-0.39, 0.29) is 27.7 Å². The van der Waals surface area contributed by atoms with Crippen LogP contribution in [0, 0.1) is 13.8 Å². The molecule has 3 aromatic heterocycles. The minimum absolute atomic E-state index is 0.128. The highest BCUT2D eigenvalue weighted by Crippen LogP contribution is 2.33. The van der Waals surface area contributed by atoms with Gasteiger partial charge in [0.1, 0.15) is 16.3 Å². The van der Waals surface area contributed by atoms with E-state index in [1.54, 1.807) is 30.6 Å². The molecule has 0 aromatic carbocycles. The zero-order valence-corrected chi connectivity index (χ0v) is 15.8. The van der Waals surface area contributed by atoms with Crippen LogP contribution in [0.25, 0.3) is 5.65 Å². The molecule has 0 atom stereocenters. The van der Waals surface area contributed by atoms with Gasteiger partial charge < -0.3 is 20.2 Å². The first-order chi connectivity index (χ1) is 12.8. The van der Waals surface area contributed by atoms with Gasteiger partial charge in [-0.25, -0.2) is 9.78 Å². The Hall–Kier alpha value is -3.20. The number of thiophene rings is 1. The van der Waals surface area contributed by atoms with Crippen molar-refractivity contribution in [3.63, 3.8) is 0 Å². The van der Waals surface area contributed by atoms with Crippen molar-refractivity contribution in [2.24, 2.45) is 5.73 Å². The lowest BCUT2D eigenvalue weighted by atomic mass is 10.1. The van der Waals surface area contributed by atoms with E-state index in [1.807, 2.05) is 19.1 Å². The Morgan fingerprint density at radius 1 is 1.33 bits per heavy atom. The van der Waals surface area contributed by atoms with Gasteiger partial charge in [0, 0.05) is 12.4 Å². The molecule has 3 heterocycles. The lowest BCUT2D eigenvalue weighted by Crippen LogP contribution is -2.15. The average molecular weight is 386 g/mol. The molecule has 0 radical (unpaired) electrons. The molecule has 0 spiro atoms. The molecule has 9 heteroatoms. The number of aryl methyl sites for hydroxylation is 1. The predicted molar refractivity (Wildman–Crippen MR) is 101 cm³/mol. The number of pyridine rings is 1. The van der Waals surface area contributed by atoms with Gasteiger partial charge in [0.2, 0.25) is 0 Å². The number of nitrogens with zero attached hydrogens (tertiary/aromatic N) is 2. The van der Waals surface area contributed by atoms with Crippen LogP contribution in [0.5, 0.6) is 0 Å². The second-order valence-corrected chi connectivity index (χ2v) is 6.92. The fraction of sp³-hybridized carbons (Fsp3) is 0.222. The summed E-state index contributed by atoms with van der Waals surface area (Å²) in [6.07, 6.45) is 3.39. The fourth-order valence-electron chi connectivity index (χ4n) is 2.65. The van der Waals surface area contributed by atoms with Gasteiger partial charge in [0.05, 0.1) is 17.0 Å². The van der Waals surface area contributed by atoms with Crippen molar-refractivity contribution in [1.82, 2.24) is 9.38 Å². The minimum atomic E-state index is -0.674. The molecule has 3 aromatic rings. The van der Waals surface area contributed by atoms with Crippen LogP contribution in [0.3, 0.4) is 0 Å². The number of ether oxygens (including phenoxy) is 1. The summed E-state index contributed by atoms with van der Waals surface area (Å²) < 4.78 is 6.76. The predicted octanol–water partition coefficient (Wildman–Crippen LogP) is 2.54. The van der Waals surface area contributed by atoms with Crippen LogP contribution < -0.4 is 11.1 Å². The van der Waals surface area contributed by atoms with Crippen LogP contribution in [0.2, 0.25) is 0 Å². The van der Waals surface area contributed by atoms with Gasteiger partial charge in [-0.15, -0.1) is 11.3 Å². The molecule has 27 heavy (non-hydrogen) atoms. The Morgan fingerprint density at radius 2 is 2.07 bits per heavy atom. The number of carbonyl (C=O) groups is 3. The van der Waals surface area contributed by atoms with Gasteiger partial charge in [0.25, 0.3) is 11.8 Å². The number of anilines is 1. The van der Waals surface area contributed by atoms with Gasteiger partial charge in [0.15, 0.2) is 0 Å². The quantitative estimate of drug-likeness (QED) is 0.654. The molecule has 3 N–H and O–H groups in total. The summed E-state index contributed by atoms with van der Waals surface area (Å²) in [5.41, 5.74) is 7.71. The highest BCUT2D eigenvalue weighted by Gasteiger charge is 2.26. The molecule has 2 amide bonds. The van der Waals surface area contributed by atoms with Gasteiger partial charge in [-0.3, -0.25) is 9.59 Å². The normalized spacial score (nSPS) is 10.8. The lowest BCUT2D eigenvalue weighted by Gasteiger charge is -2.05. The van der Waals surface area contributed by atoms with Crippen molar-refractivity contribution in [2.45, 2.75) is 20.8 Å². The molecule has 0 aliphatic heterocycles. The zero-order chi connectivity index (χ0) is 19.7. The lowest BCUT2D eigenvalue weighted by molar-refractivity contribution is 0.0527. The number of esters is 1. The van der Waals surface area contributed by atoms with Crippen molar-refractivity contribution in [3.05, 3.63) is 51.8 Å². The second kappa shape index (κ2) is 7.20. The summed E-state index contributed by atoms with van der Waals surface area (Å²) in [5, 5.41) is 2.86. The summed E-state index contributed by atoms with van der Waals surface area (Å²) in [7, 11) is 0. The van der Waals surface area contributed by atoms with Crippen molar-refractivity contribution < 1.29 is 19.1 Å². The molecule has 0 fully saturated rings. The van der Waals surface area contributed by atoms with Crippen molar-refractivity contribution in [2.75, 3.05) is 11.9 Å². The number of rotatable bonds is 5. The van der Waals surface area contributed by atoms with E-state index in [0.29, 0.717) is 11.2 Å². The Morgan fingerprint density at radius 3 is 2.74 bits per heavy atom. The van der Waals surface area contributed by atoms with Gasteiger partial charge in [-0.1, -0.05) is 0 Å². The van der Waals surface area contributed by atoms with Crippen LogP contribution in [0.4, 0.5) is 5.00 Å². The maximum atomic E-state index is 12.6. The van der Waals surface area contributed by atoms with E-state index in [2.05, 4.69) is 10.3 Å². The number of aromatic nitrogens is 2. The number of nitrogens with two attached hydrogens (primary N) is 1. The molecule has 0 aliphatic rings. The standard InChI is InChI=1S/C18H18N4O4S/c1-4-26-18(25)13-10(3)14(15(19)23)27-17(13)21-16(24)11-8-22-6-5-9(2)7-12(22)20-11/h5-8H,4H2,1-3H3,(H2,19,23)(H,21,24). The maximum Gasteiger partial charge on any atom is 0.341 e. The number of hydrogen-bond donors (Lipinski definition) is 2. The van der Waals surface area contributed by atoms with Gasteiger partial charge in [-0.2, -0.15) is 0 Å². The zero-order valence-electron chi connectivity index (χ0n) is 15.0. The van der Waals surface area contributed by atoms with E-state index in [0.717, 1.165) is 16.9 Å². The SMILES string of the molecule is CCOC(=O)c1c(NC(=O)c2cn3ccc(C)cc3n2)sc(C(N)=O)c1C. The number of fused-ring (bicyclic) bond motifs is 1. The largest absolute Gasteiger partial charge is 0.462 e. The topological polar surface area (TPSA) is 116 Å². The van der Waals surface area contributed by atoms with E-state index in [4.69, 9.17) is 10.5 Å². The summed E-state index contributed by atoms with van der Waals surface area (Å²) in [6.45, 7) is 5.36. The third-order valence-corrected chi connectivity index (χ3v) is 5.15. The van der Waals surface area contributed by atoms with Gasteiger partial charge >= 0.3 is 5.97 Å². The number of primary amides is 1. The first-order valence-corrected chi connectivity index (χ1v) is 9.00. The third-order valence-electron chi connectivity index (χ3n) is 3.93. The average Bonchev–Trinajstić information content (AvgIpc) is 3.15. The maximum absolute atomic E-state index is 12.6. The smallest absolute Gasteiger partial charge is 0.341 e. The molecule has 3 rings (SSSR count). The highest BCUT2D eigenvalue weighted by atomic mass is 32.1. The van der Waals surface area contributed by atoms with E-state index in [1.165, 1.54) is 0 Å². The van der Waals surface area contributed by atoms with Crippen LogP contribution in [0.1, 0.15) is 48.6 Å². The van der Waals surface area contributed by atoms with Crippen LogP contribution >= 0.6 is 11.3 Å². The Balaban J connectivity index is 1.97. The number of amides is 2.